The van der Waals surface area contributed by atoms with Crippen LogP contribution in [0.3, 0.4) is 0 Å². The van der Waals surface area contributed by atoms with Gasteiger partial charge in [0.1, 0.15) is 12.4 Å². The van der Waals surface area contributed by atoms with Gasteiger partial charge in [0, 0.05) is 17.3 Å². The van der Waals surface area contributed by atoms with Crippen molar-refractivity contribution in [3.05, 3.63) is 28.8 Å². The summed E-state index contributed by atoms with van der Waals surface area (Å²) in [5.41, 5.74) is 2.57. The maximum Gasteiger partial charge on any atom is 0.122 e. The first-order chi connectivity index (χ1) is 12.3. The summed E-state index contributed by atoms with van der Waals surface area (Å²) in [5, 5.41) is 15.6. The van der Waals surface area contributed by atoms with Crippen LogP contribution in [0.15, 0.2) is 12.1 Å². The number of ether oxygens (including phenoxy) is 1. The van der Waals surface area contributed by atoms with Crippen LogP contribution >= 0.6 is 12.6 Å². The van der Waals surface area contributed by atoms with E-state index in [-0.39, 0.29) is 10.8 Å². The maximum absolute atomic E-state index is 10.6. The standard InChI is InChI=1S/C20H34N2O2S.C2H6/c1-13-9-15-16(20(7,8)22(23)19(15,5)6)10-17(13)24-12-14(25)11-21-18(2,3)4;1-2/h9-10,14,21,23,25H,11-12H2,1-8H3;1-2H3. The summed E-state index contributed by atoms with van der Waals surface area (Å²) in [5.74, 6) is 0.868. The number of aryl methyl sites for hydroxylation is 1. The summed E-state index contributed by atoms with van der Waals surface area (Å²) in [6.07, 6.45) is 0. The molecule has 1 heterocycles. The maximum atomic E-state index is 10.6. The van der Waals surface area contributed by atoms with Crippen molar-refractivity contribution in [1.29, 1.82) is 0 Å². The molecule has 1 unspecified atom stereocenters. The Bertz CT molecular complexity index is 636. The van der Waals surface area contributed by atoms with E-state index in [2.05, 4.69) is 57.8 Å². The highest BCUT2D eigenvalue weighted by Crippen LogP contribution is 2.49. The second-order valence-electron chi connectivity index (χ2n) is 9.19. The van der Waals surface area contributed by atoms with E-state index in [0.717, 1.165) is 29.0 Å². The van der Waals surface area contributed by atoms with Gasteiger partial charge in [-0.05, 0) is 78.1 Å². The fraction of sp³-hybridized carbons (Fsp3) is 0.727. The molecule has 0 aromatic heterocycles. The highest BCUT2D eigenvalue weighted by Gasteiger charge is 2.49. The molecule has 1 atom stereocenters. The number of thiol groups is 1. The van der Waals surface area contributed by atoms with Crippen molar-refractivity contribution < 1.29 is 9.94 Å². The molecule has 0 radical (unpaired) electrons. The summed E-state index contributed by atoms with van der Waals surface area (Å²) in [4.78, 5) is 0. The Morgan fingerprint density at radius 3 is 2.07 bits per heavy atom. The number of nitrogens with one attached hydrogen (secondary N) is 1. The molecule has 0 saturated carbocycles. The van der Waals surface area contributed by atoms with Gasteiger partial charge in [0.15, 0.2) is 0 Å². The van der Waals surface area contributed by atoms with E-state index in [9.17, 15) is 5.21 Å². The molecular weight excluding hydrogens is 356 g/mol. The molecule has 0 aliphatic carbocycles. The summed E-state index contributed by atoms with van der Waals surface area (Å²) >= 11 is 4.63. The van der Waals surface area contributed by atoms with E-state index in [4.69, 9.17) is 4.74 Å². The fourth-order valence-corrected chi connectivity index (χ4v) is 3.62. The van der Waals surface area contributed by atoms with E-state index in [1.807, 2.05) is 41.5 Å². The van der Waals surface area contributed by atoms with Gasteiger partial charge < -0.3 is 15.3 Å². The van der Waals surface area contributed by atoms with Crippen molar-refractivity contribution in [2.75, 3.05) is 13.2 Å². The number of nitrogens with zero attached hydrogens (tertiary/aromatic N) is 1. The summed E-state index contributed by atoms with van der Waals surface area (Å²) in [6.45, 7) is 22.0. The number of benzene rings is 1. The van der Waals surface area contributed by atoms with Crippen molar-refractivity contribution >= 4 is 12.6 Å². The zero-order valence-corrected chi connectivity index (χ0v) is 19.8. The molecule has 4 nitrogen and oxygen atoms in total. The Morgan fingerprint density at radius 2 is 1.59 bits per heavy atom. The van der Waals surface area contributed by atoms with Crippen LogP contribution in [0.1, 0.15) is 79.0 Å². The van der Waals surface area contributed by atoms with E-state index < -0.39 is 11.1 Å². The van der Waals surface area contributed by atoms with Gasteiger partial charge in [0.05, 0.1) is 11.1 Å². The Kier molecular flexibility index (Phi) is 7.85. The van der Waals surface area contributed by atoms with Crippen LogP contribution in [0.25, 0.3) is 0 Å². The molecule has 2 N–H and O–H groups in total. The minimum Gasteiger partial charge on any atom is -0.492 e. The number of fused-ring (bicyclic) bond motifs is 1. The summed E-state index contributed by atoms with van der Waals surface area (Å²) in [6, 6.07) is 4.23. The largest absolute Gasteiger partial charge is 0.492 e. The Balaban J connectivity index is 0.00000176. The van der Waals surface area contributed by atoms with Gasteiger partial charge >= 0.3 is 0 Å². The fourth-order valence-electron chi connectivity index (χ4n) is 3.45. The second-order valence-corrected chi connectivity index (χ2v) is 9.92. The van der Waals surface area contributed by atoms with Gasteiger partial charge in [-0.25, -0.2) is 0 Å². The van der Waals surface area contributed by atoms with Crippen molar-refractivity contribution in [3.8, 4) is 5.75 Å². The molecule has 0 saturated heterocycles. The molecule has 0 fully saturated rings. The first-order valence-electron chi connectivity index (χ1n) is 9.97. The third-order valence-electron chi connectivity index (χ3n) is 4.99. The average molecular weight is 397 g/mol. The van der Waals surface area contributed by atoms with Crippen LogP contribution in [0.2, 0.25) is 0 Å². The van der Waals surface area contributed by atoms with Crippen LogP contribution in [-0.4, -0.2) is 34.2 Å². The third-order valence-corrected chi connectivity index (χ3v) is 5.32. The summed E-state index contributed by atoms with van der Waals surface area (Å²) < 4.78 is 6.07. The lowest BCUT2D eigenvalue weighted by Crippen LogP contribution is -2.42. The zero-order chi connectivity index (χ0) is 21.2. The van der Waals surface area contributed by atoms with Crippen LogP contribution in [0, 0.1) is 6.92 Å². The third kappa shape index (κ3) is 5.41. The topological polar surface area (TPSA) is 44.7 Å². The quantitative estimate of drug-likeness (QED) is 0.594. The Labute approximate surface area is 172 Å². The molecule has 1 aliphatic heterocycles. The molecule has 1 aromatic carbocycles. The molecule has 0 amide bonds. The Morgan fingerprint density at radius 1 is 1.11 bits per heavy atom. The van der Waals surface area contributed by atoms with Crippen molar-refractivity contribution in [2.24, 2.45) is 0 Å². The highest BCUT2D eigenvalue weighted by molar-refractivity contribution is 7.81. The lowest BCUT2D eigenvalue weighted by Gasteiger charge is -2.34. The predicted molar refractivity (Wildman–Crippen MR) is 118 cm³/mol. The monoisotopic (exact) mass is 396 g/mol. The normalized spacial score (nSPS) is 19.1. The second kappa shape index (κ2) is 8.73. The van der Waals surface area contributed by atoms with E-state index in [1.54, 1.807) is 0 Å². The molecule has 5 heteroatoms. The number of rotatable bonds is 5. The lowest BCUT2D eigenvalue weighted by atomic mass is 9.89. The number of hydrogen-bond acceptors (Lipinski definition) is 5. The molecule has 1 aromatic rings. The van der Waals surface area contributed by atoms with Crippen LogP contribution in [0.4, 0.5) is 0 Å². The van der Waals surface area contributed by atoms with Gasteiger partial charge in [0.25, 0.3) is 0 Å². The van der Waals surface area contributed by atoms with Crippen LogP contribution in [0.5, 0.6) is 5.75 Å². The van der Waals surface area contributed by atoms with Crippen molar-refractivity contribution in [2.45, 2.75) is 91.1 Å². The van der Waals surface area contributed by atoms with Gasteiger partial charge in [-0.15, -0.1) is 0 Å². The first kappa shape index (κ1) is 24.3. The van der Waals surface area contributed by atoms with Gasteiger partial charge in [-0.1, -0.05) is 19.9 Å². The van der Waals surface area contributed by atoms with Crippen molar-refractivity contribution in [3.63, 3.8) is 0 Å². The molecular formula is C22H40N2O2S. The number of hydrogen-bond donors (Lipinski definition) is 3. The molecule has 156 valence electrons. The molecule has 0 spiro atoms. The van der Waals surface area contributed by atoms with Gasteiger partial charge in [-0.2, -0.15) is 17.7 Å². The van der Waals surface area contributed by atoms with E-state index in [0.29, 0.717) is 6.61 Å². The van der Waals surface area contributed by atoms with Crippen LogP contribution < -0.4 is 10.1 Å². The SMILES string of the molecule is CC.Cc1cc2c(cc1OCC(S)CNC(C)(C)C)C(C)(C)N(O)C2(C)C. The van der Waals surface area contributed by atoms with Crippen LogP contribution in [-0.2, 0) is 11.1 Å². The minimum absolute atomic E-state index is 0.0741. The zero-order valence-electron chi connectivity index (χ0n) is 18.9. The van der Waals surface area contributed by atoms with E-state index in [1.165, 1.54) is 5.06 Å². The highest BCUT2D eigenvalue weighted by atomic mass is 32.1. The number of hydroxylamine groups is 2. The first-order valence-corrected chi connectivity index (χ1v) is 10.5. The van der Waals surface area contributed by atoms with Gasteiger partial charge in [-0.3, -0.25) is 0 Å². The molecule has 0 bridgehead atoms. The molecule has 1 aliphatic rings. The minimum atomic E-state index is -0.446. The Hall–Kier alpha value is -0.750. The molecule has 2 rings (SSSR count). The van der Waals surface area contributed by atoms with Gasteiger partial charge in [0.2, 0.25) is 0 Å². The predicted octanol–water partition coefficient (Wildman–Crippen LogP) is 5.26. The van der Waals surface area contributed by atoms with Crippen molar-refractivity contribution in [1.82, 2.24) is 10.4 Å². The lowest BCUT2D eigenvalue weighted by molar-refractivity contribution is -0.216. The summed E-state index contributed by atoms with van der Waals surface area (Å²) in [7, 11) is 0. The van der Waals surface area contributed by atoms with E-state index >= 15 is 0 Å². The average Bonchev–Trinajstić information content (AvgIpc) is 2.70. The molecule has 27 heavy (non-hydrogen) atoms. The smallest absolute Gasteiger partial charge is 0.122 e.